The van der Waals surface area contributed by atoms with Crippen molar-refractivity contribution in [2.24, 2.45) is 5.10 Å². The van der Waals surface area contributed by atoms with Gasteiger partial charge in [-0.2, -0.15) is 5.10 Å². The molecule has 0 aliphatic carbocycles. The topological polar surface area (TPSA) is 73.8 Å². The molecule has 0 aromatic heterocycles. The van der Waals surface area contributed by atoms with Gasteiger partial charge in [-0.15, -0.1) is 0 Å². The number of hydrazone groups is 1. The van der Waals surface area contributed by atoms with Crippen molar-refractivity contribution in [3.63, 3.8) is 0 Å². The summed E-state index contributed by atoms with van der Waals surface area (Å²) in [5.74, 6) is -0.844. The molecule has 0 radical (unpaired) electrons. The molecular formula is C20H24N4O2. The number of hydrogen-bond acceptors (Lipinski definition) is 4. The van der Waals surface area contributed by atoms with E-state index in [4.69, 9.17) is 0 Å². The molecule has 0 heterocycles. The molecule has 0 saturated carbocycles. The predicted molar refractivity (Wildman–Crippen MR) is 106 cm³/mol. The fourth-order valence-corrected chi connectivity index (χ4v) is 2.25. The molecule has 136 valence electrons. The molecule has 0 saturated heterocycles. The minimum atomic E-state index is -0.465. The minimum absolute atomic E-state index is 0.288. The molecule has 0 atom stereocenters. The monoisotopic (exact) mass is 352 g/mol. The quantitative estimate of drug-likeness (QED) is 0.477. The Hall–Kier alpha value is -3.15. The number of carbonyl (C=O) groups is 2. The van der Waals surface area contributed by atoms with Gasteiger partial charge in [0.2, 0.25) is 11.8 Å². The van der Waals surface area contributed by atoms with Crippen LogP contribution in [-0.4, -0.2) is 32.1 Å². The van der Waals surface area contributed by atoms with Gasteiger partial charge in [0.25, 0.3) is 0 Å². The molecular weight excluding hydrogens is 328 g/mol. The van der Waals surface area contributed by atoms with Crippen LogP contribution in [0.5, 0.6) is 0 Å². The van der Waals surface area contributed by atoms with E-state index in [9.17, 15) is 9.59 Å². The normalized spacial score (nSPS) is 10.6. The van der Waals surface area contributed by atoms with Gasteiger partial charge in [-0.3, -0.25) is 9.59 Å². The summed E-state index contributed by atoms with van der Waals surface area (Å²) >= 11 is 0. The number of aryl methyl sites for hydroxylation is 2. The number of hydrogen-bond donors (Lipinski definition) is 2. The number of benzene rings is 2. The Morgan fingerprint density at radius 3 is 2.31 bits per heavy atom. The SMILES string of the molecule is Cc1ccc(NC(=O)CC(=O)NN=Cc2ccc(N(C)C)cc2)cc1C. The number of nitrogens with one attached hydrogen (secondary N) is 2. The third-order valence-electron chi connectivity index (χ3n) is 3.92. The first-order valence-corrected chi connectivity index (χ1v) is 8.31. The maximum absolute atomic E-state index is 11.9. The second kappa shape index (κ2) is 8.80. The van der Waals surface area contributed by atoms with Gasteiger partial charge >= 0.3 is 0 Å². The smallest absolute Gasteiger partial charge is 0.249 e. The highest BCUT2D eigenvalue weighted by Gasteiger charge is 2.09. The average Bonchev–Trinajstić information content (AvgIpc) is 2.58. The number of amides is 2. The maximum atomic E-state index is 11.9. The molecule has 6 heteroatoms. The van der Waals surface area contributed by atoms with Crippen molar-refractivity contribution in [2.45, 2.75) is 20.3 Å². The third-order valence-corrected chi connectivity index (χ3v) is 3.92. The minimum Gasteiger partial charge on any atom is -0.378 e. The summed E-state index contributed by atoms with van der Waals surface area (Å²) in [4.78, 5) is 25.7. The number of anilines is 2. The van der Waals surface area contributed by atoms with E-state index in [-0.39, 0.29) is 12.3 Å². The second-order valence-corrected chi connectivity index (χ2v) is 6.30. The van der Waals surface area contributed by atoms with Crippen molar-refractivity contribution in [1.29, 1.82) is 0 Å². The van der Waals surface area contributed by atoms with E-state index in [0.29, 0.717) is 5.69 Å². The predicted octanol–water partition coefficient (Wildman–Crippen LogP) is 2.85. The first-order chi connectivity index (χ1) is 12.3. The van der Waals surface area contributed by atoms with E-state index in [0.717, 1.165) is 22.4 Å². The molecule has 2 N–H and O–H groups in total. The Morgan fingerprint density at radius 2 is 1.69 bits per heavy atom. The Balaban J connectivity index is 1.82. The summed E-state index contributed by atoms with van der Waals surface area (Å²) < 4.78 is 0. The summed E-state index contributed by atoms with van der Waals surface area (Å²) in [5, 5.41) is 6.59. The van der Waals surface area contributed by atoms with Crippen molar-refractivity contribution in [2.75, 3.05) is 24.3 Å². The van der Waals surface area contributed by atoms with Crippen molar-refractivity contribution < 1.29 is 9.59 Å². The summed E-state index contributed by atoms with van der Waals surface area (Å²) in [7, 11) is 3.93. The van der Waals surface area contributed by atoms with E-state index in [1.807, 2.05) is 75.3 Å². The molecule has 2 amide bonds. The zero-order chi connectivity index (χ0) is 19.1. The molecule has 26 heavy (non-hydrogen) atoms. The summed E-state index contributed by atoms with van der Waals surface area (Å²) in [6.45, 7) is 3.97. The van der Waals surface area contributed by atoms with Crippen LogP contribution in [0, 0.1) is 13.8 Å². The average molecular weight is 352 g/mol. The van der Waals surface area contributed by atoms with Gasteiger partial charge in [0, 0.05) is 25.5 Å². The zero-order valence-corrected chi connectivity index (χ0v) is 15.5. The summed E-state index contributed by atoms with van der Waals surface area (Å²) in [6.07, 6.45) is 1.25. The second-order valence-electron chi connectivity index (χ2n) is 6.30. The zero-order valence-electron chi connectivity index (χ0n) is 15.5. The lowest BCUT2D eigenvalue weighted by Gasteiger charge is -2.11. The summed E-state index contributed by atoms with van der Waals surface area (Å²) in [5.41, 5.74) is 7.20. The van der Waals surface area contributed by atoms with Gasteiger partial charge < -0.3 is 10.2 Å². The van der Waals surface area contributed by atoms with E-state index >= 15 is 0 Å². The van der Waals surface area contributed by atoms with Gasteiger partial charge in [-0.25, -0.2) is 5.43 Å². The van der Waals surface area contributed by atoms with E-state index < -0.39 is 5.91 Å². The Bertz CT molecular complexity index is 811. The molecule has 2 aromatic rings. The molecule has 6 nitrogen and oxygen atoms in total. The van der Waals surface area contributed by atoms with Crippen LogP contribution in [0.15, 0.2) is 47.6 Å². The molecule has 0 aliphatic heterocycles. The molecule has 2 rings (SSSR count). The van der Waals surface area contributed by atoms with Crippen molar-refractivity contribution in [3.8, 4) is 0 Å². The standard InChI is InChI=1S/C20H24N4O2/c1-14-5-8-17(11-15(14)2)22-19(25)12-20(26)23-21-13-16-6-9-18(10-7-16)24(3)4/h5-11,13H,12H2,1-4H3,(H,22,25)(H,23,26). The highest BCUT2D eigenvalue weighted by atomic mass is 16.2. The van der Waals surface area contributed by atoms with Crippen molar-refractivity contribution in [3.05, 3.63) is 59.2 Å². The van der Waals surface area contributed by atoms with Crippen LogP contribution in [0.1, 0.15) is 23.1 Å². The lowest BCUT2D eigenvalue weighted by molar-refractivity contribution is -0.126. The van der Waals surface area contributed by atoms with Gasteiger partial charge in [0.1, 0.15) is 6.42 Å². The highest BCUT2D eigenvalue weighted by Crippen LogP contribution is 2.14. The van der Waals surface area contributed by atoms with Gasteiger partial charge in [0.05, 0.1) is 6.21 Å². The fourth-order valence-electron chi connectivity index (χ4n) is 2.25. The van der Waals surface area contributed by atoms with Crippen LogP contribution in [-0.2, 0) is 9.59 Å². The maximum Gasteiger partial charge on any atom is 0.249 e. The van der Waals surface area contributed by atoms with Crippen LogP contribution >= 0.6 is 0 Å². The Labute approximate surface area is 153 Å². The van der Waals surface area contributed by atoms with Gasteiger partial charge in [-0.1, -0.05) is 18.2 Å². The first-order valence-electron chi connectivity index (χ1n) is 8.31. The van der Waals surface area contributed by atoms with E-state index in [2.05, 4.69) is 15.8 Å². The lowest BCUT2D eigenvalue weighted by atomic mass is 10.1. The largest absolute Gasteiger partial charge is 0.378 e. The Morgan fingerprint density at radius 1 is 1.00 bits per heavy atom. The molecule has 2 aromatic carbocycles. The van der Waals surface area contributed by atoms with Crippen LogP contribution < -0.4 is 15.6 Å². The van der Waals surface area contributed by atoms with Crippen LogP contribution in [0.3, 0.4) is 0 Å². The first kappa shape index (κ1) is 19.2. The van der Waals surface area contributed by atoms with E-state index in [1.54, 1.807) is 6.21 Å². The lowest BCUT2D eigenvalue weighted by Crippen LogP contribution is -2.24. The number of rotatable bonds is 6. The summed E-state index contributed by atoms with van der Waals surface area (Å²) in [6, 6.07) is 13.3. The molecule has 0 bridgehead atoms. The molecule has 0 fully saturated rings. The number of carbonyl (C=O) groups excluding carboxylic acids is 2. The molecule has 0 aliphatic rings. The molecule has 0 spiro atoms. The van der Waals surface area contributed by atoms with Gasteiger partial charge in [0.15, 0.2) is 0 Å². The van der Waals surface area contributed by atoms with E-state index in [1.165, 1.54) is 0 Å². The van der Waals surface area contributed by atoms with Crippen molar-refractivity contribution in [1.82, 2.24) is 5.43 Å². The highest BCUT2D eigenvalue weighted by molar-refractivity contribution is 6.03. The Kier molecular flexibility index (Phi) is 6.49. The fraction of sp³-hybridized carbons (Fsp3) is 0.250. The molecule has 0 unspecified atom stereocenters. The van der Waals surface area contributed by atoms with Crippen LogP contribution in [0.2, 0.25) is 0 Å². The van der Waals surface area contributed by atoms with Crippen LogP contribution in [0.4, 0.5) is 11.4 Å². The van der Waals surface area contributed by atoms with Crippen LogP contribution in [0.25, 0.3) is 0 Å². The number of nitrogens with zero attached hydrogens (tertiary/aromatic N) is 2. The third kappa shape index (κ3) is 5.73. The van der Waals surface area contributed by atoms with Crippen molar-refractivity contribution >= 4 is 29.4 Å². The van der Waals surface area contributed by atoms with Gasteiger partial charge in [-0.05, 0) is 54.8 Å².